The van der Waals surface area contributed by atoms with E-state index in [0.717, 1.165) is 16.5 Å². The van der Waals surface area contributed by atoms with Gasteiger partial charge in [-0.05, 0) is 37.9 Å². The van der Waals surface area contributed by atoms with E-state index in [-0.39, 0.29) is 23.3 Å². The van der Waals surface area contributed by atoms with Crippen molar-refractivity contribution in [2.45, 2.75) is 71.5 Å². The summed E-state index contributed by atoms with van der Waals surface area (Å²) in [7, 11) is 5.40. The summed E-state index contributed by atoms with van der Waals surface area (Å²) >= 11 is 0. The minimum atomic E-state index is -1.02. The van der Waals surface area contributed by atoms with Crippen molar-refractivity contribution in [1.29, 1.82) is 0 Å². The zero-order chi connectivity index (χ0) is 27.4. The predicted molar refractivity (Wildman–Crippen MR) is 144 cm³/mol. The van der Waals surface area contributed by atoms with Gasteiger partial charge in [0.15, 0.2) is 0 Å². The molecule has 8 nitrogen and oxygen atoms in total. The van der Waals surface area contributed by atoms with Crippen molar-refractivity contribution in [3.8, 4) is 0 Å². The average Bonchev–Trinajstić information content (AvgIpc) is 3.17. The van der Waals surface area contributed by atoms with Crippen LogP contribution in [0.4, 0.5) is 0 Å². The normalized spacial score (nSPS) is 15.0. The summed E-state index contributed by atoms with van der Waals surface area (Å²) in [6.45, 7) is 11.3. The van der Waals surface area contributed by atoms with Gasteiger partial charge in [0, 0.05) is 42.2 Å². The fraction of sp³-hybridized carbons (Fsp3) is 0.536. The third kappa shape index (κ3) is 5.98. The Balaban J connectivity index is 2.31. The Morgan fingerprint density at radius 3 is 2.33 bits per heavy atom. The number of hydrogen-bond acceptors (Lipinski definition) is 4. The SMILES string of the molecule is CC[C@H](NC(=O)[C@@H](NC)C(C)(C)c1cn(C)c2ccccc12)C(=O)N(C)[C@H](/C=C(\C)C(=O)O)C(C)C. The van der Waals surface area contributed by atoms with Crippen LogP contribution in [-0.4, -0.2) is 64.6 Å². The van der Waals surface area contributed by atoms with Gasteiger partial charge in [0.25, 0.3) is 0 Å². The molecule has 2 aromatic rings. The molecule has 1 heterocycles. The van der Waals surface area contributed by atoms with Crippen molar-refractivity contribution in [2.75, 3.05) is 14.1 Å². The maximum atomic E-state index is 13.6. The fourth-order valence-corrected chi connectivity index (χ4v) is 4.90. The first-order valence-corrected chi connectivity index (χ1v) is 12.5. The van der Waals surface area contributed by atoms with Gasteiger partial charge in [0.2, 0.25) is 11.8 Å². The van der Waals surface area contributed by atoms with E-state index in [9.17, 15) is 19.5 Å². The highest BCUT2D eigenvalue weighted by atomic mass is 16.4. The maximum absolute atomic E-state index is 13.6. The minimum absolute atomic E-state index is 0.00295. The van der Waals surface area contributed by atoms with Crippen LogP contribution in [0.2, 0.25) is 0 Å². The molecule has 0 radical (unpaired) electrons. The number of aromatic nitrogens is 1. The van der Waals surface area contributed by atoms with Gasteiger partial charge in [-0.15, -0.1) is 0 Å². The molecule has 1 aromatic heterocycles. The van der Waals surface area contributed by atoms with E-state index in [2.05, 4.69) is 33.5 Å². The van der Waals surface area contributed by atoms with Gasteiger partial charge in [-0.25, -0.2) is 4.79 Å². The van der Waals surface area contributed by atoms with Gasteiger partial charge >= 0.3 is 5.97 Å². The molecule has 0 spiro atoms. The van der Waals surface area contributed by atoms with E-state index in [1.807, 2.05) is 53.8 Å². The molecule has 0 aliphatic heterocycles. The Morgan fingerprint density at radius 2 is 1.81 bits per heavy atom. The van der Waals surface area contributed by atoms with E-state index in [4.69, 9.17) is 0 Å². The zero-order valence-electron chi connectivity index (χ0n) is 23.0. The van der Waals surface area contributed by atoms with E-state index >= 15 is 0 Å². The monoisotopic (exact) mass is 498 g/mol. The molecule has 0 bridgehead atoms. The second kappa shape index (κ2) is 11.7. The number of para-hydroxylation sites is 1. The highest BCUT2D eigenvalue weighted by Crippen LogP contribution is 2.34. The molecule has 0 aliphatic rings. The summed E-state index contributed by atoms with van der Waals surface area (Å²) in [5, 5.41) is 16.5. The van der Waals surface area contributed by atoms with Gasteiger partial charge in [0.05, 0.1) is 12.1 Å². The summed E-state index contributed by atoms with van der Waals surface area (Å²) in [6, 6.07) is 6.36. The van der Waals surface area contributed by atoms with Crippen LogP contribution in [0.1, 0.15) is 53.5 Å². The van der Waals surface area contributed by atoms with Gasteiger partial charge in [-0.2, -0.15) is 0 Å². The number of aliphatic carboxylic acids is 1. The number of nitrogens with one attached hydrogen (secondary N) is 2. The molecule has 0 fully saturated rings. The standard InChI is InChI=1S/C28H42N4O4/c1-10-21(26(34)32(9)23(17(2)3)15-18(4)27(35)36)30-25(33)24(29-7)28(5,6)20-16-31(8)22-14-12-11-13-19(20)22/h11-17,21,23-24,29H,10H2,1-9H3,(H,30,33)(H,35,36)/b18-15+/t21-,23+,24+/m0/s1. The molecule has 2 rings (SSSR count). The van der Waals surface area contributed by atoms with Gasteiger partial charge < -0.3 is 25.2 Å². The Hall–Kier alpha value is -3.13. The molecule has 36 heavy (non-hydrogen) atoms. The largest absolute Gasteiger partial charge is 0.478 e. The van der Waals surface area contributed by atoms with E-state index < -0.39 is 29.5 Å². The number of carbonyl (C=O) groups excluding carboxylic acids is 2. The van der Waals surface area contributed by atoms with Crippen LogP contribution < -0.4 is 10.6 Å². The molecule has 3 atom stereocenters. The van der Waals surface area contributed by atoms with Gasteiger partial charge in [-0.1, -0.05) is 58.9 Å². The number of carboxylic acid groups (broad SMARTS) is 1. The molecular weight excluding hydrogens is 456 g/mol. The summed E-state index contributed by atoms with van der Waals surface area (Å²) in [5.41, 5.74) is 1.73. The molecular formula is C28H42N4O4. The van der Waals surface area contributed by atoms with E-state index in [1.54, 1.807) is 20.2 Å². The second-order valence-electron chi connectivity index (χ2n) is 10.4. The number of fused-ring (bicyclic) bond motifs is 1. The first-order valence-electron chi connectivity index (χ1n) is 12.5. The predicted octanol–water partition coefficient (Wildman–Crippen LogP) is 3.45. The third-order valence-corrected chi connectivity index (χ3v) is 7.12. The van der Waals surface area contributed by atoms with Crippen LogP contribution in [0.3, 0.4) is 0 Å². The number of rotatable bonds is 11. The molecule has 0 aliphatic carbocycles. The summed E-state index contributed by atoms with van der Waals surface area (Å²) in [5.74, 6) is -1.54. The molecule has 3 N–H and O–H groups in total. The van der Waals surface area contributed by atoms with Crippen molar-refractivity contribution in [3.63, 3.8) is 0 Å². The lowest BCUT2D eigenvalue weighted by Gasteiger charge is -2.36. The third-order valence-electron chi connectivity index (χ3n) is 7.12. The van der Waals surface area contributed by atoms with E-state index in [0.29, 0.717) is 6.42 Å². The second-order valence-corrected chi connectivity index (χ2v) is 10.4. The summed E-state index contributed by atoms with van der Waals surface area (Å²) in [6.07, 6.45) is 4.06. The first-order chi connectivity index (χ1) is 16.8. The average molecular weight is 499 g/mol. The van der Waals surface area contributed by atoms with Gasteiger partial charge in [0.1, 0.15) is 6.04 Å². The van der Waals surface area contributed by atoms with Crippen LogP contribution in [0.15, 0.2) is 42.1 Å². The molecule has 1 aromatic carbocycles. The molecule has 0 unspecified atom stereocenters. The Morgan fingerprint density at radius 1 is 1.19 bits per heavy atom. The number of hydrogen-bond donors (Lipinski definition) is 3. The summed E-state index contributed by atoms with van der Waals surface area (Å²) < 4.78 is 2.06. The lowest BCUT2D eigenvalue weighted by molar-refractivity contribution is -0.138. The number of nitrogens with zero attached hydrogens (tertiary/aromatic N) is 2. The number of benzene rings is 1. The van der Waals surface area contributed by atoms with Crippen LogP contribution in [-0.2, 0) is 26.8 Å². The van der Waals surface area contributed by atoms with Crippen LogP contribution in [0, 0.1) is 5.92 Å². The van der Waals surface area contributed by atoms with Crippen molar-refractivity contribution in [1.82, 2.24) is 20.1 Å². The smallest absolute Gasteiger partial charge is 0.331 e. The molecule has 8 heteroatoms. The zero-order valence-corrected chi connectivity index (χ0v) is 23.0. The lowest BCUT2D eigenvalue weighted by Crippen LogP contribution is -2.58. The van der Waals surface area contributed by atoms with Crippen molar-refractivity contribution < 1.29 is 19.5 Å². The number of carbonyl (C=O) groups is 3. The minimum Gasteiger partial charge on any atom is -0.478 e. The quantitative estimate of drug-likeness (QED) is 0.412. The lowest BCUT2D eigenvalue weighted by atomic mass is 9.77. The topological polar surface area (TPSA) is 104 Å². The van der Waals surface area contributed by atoms with Crippen molar-refractivity contribution in [3.05, 3.63) is 47.7 Å². The molecule has 0 saturated carbocycles. The number of amides is 2. The molecule has 198 valence electrons. The first kappa shape index (κ1) is 29.1. The molecule has 0 saturated heterocycles. The Labute approximate surface area is 214 Å². The maximum Gasteiger partial charge on any atom is 0.331 e. The van der Waals surface area contributed by atoms with E-state index in [1.165, 1.54) is 11.8 Å². The van der Waals surface area contributed by atoms with Crippen molar-refractivity contribution in [2.24, 2.45) is 13.0 Å². The summed E-state index contributed by atoms with van der Waals surface area (Å²) in [4.78, 5) is 39.9. The Bertz CT molecular complexity index is 1130. The van der Waals surface area contributed by atoms with Gasteiger partial charge in [-0.3, -0.25) is 9.59 Å². The Kier molecular flexibility index (Phi) is 9.49. The van der Waals surface area contributed by atoms with Crippen LogP contribution in [0.5, 0.6) is 0 Å². The molecule has 2 amide bonds. The fourth-order valence-electron chi connectivity index (χ4n) is 4.90. The number of carboxylic acids is 1. The van der Waals surface area contributed by atoms with Crippen molar-refractivity contribution >= 4 is 28.7 Å². The van der Waals surface area contributed by atoms with Crippen LogP contribution in [0.25, 0.3) is 10.9 Å². The number of likely N-dealkylation sites (N-methyl/N-ethyl adjacent to an activating group) is 2. The highest BCUT2D eigenvalue weighted by molar-refractivity contribution is 5.92. The van der Waals surface area contributed by atoms with Crippen LogP contribution >= 0.6 is 0 Å². The highest BCUT2D eigenvalue weighted by Gasteiger charge is 2.39. The number of aryl methyl sites for hydroxylation is 1.